The molecule has 59 heavy (non-hydrogen) atoms. The van der Waals surface area contributed by atoms with Gasteiger partial charge in [0.25, 0.3) is 11.8 Å². The first-order valence-electron chi connectivity index (χ1n) is 21.2. The number of pyridine rings is 1. The molecule has 3 N–H and O–H groups in total. The molecule has 4 heterocycles. The van der Waals surface area contributed by atoms with Gasteiger partial charge >= 0.3 is 6.09 Å². The standard InChI is InChI=1S/C46H54N8O4S/c1-28-35(25-49-54(28)27-46-22-29-19-30(23-46)21-31(20-29)24-46)33-13-14-39(51-40(33)42(56)47-16-8-17-48-44(57)58-45(2,3)4)53-18-15-32-9-7-10-34(36(32)26-53)41(55)52-43-50-37-11-5-6-12-38(37)59-43/h5-7,9-14,25,29-31H,8,15-24,26-27H2,1-4H3,(H,47,56)(H,48,57)(H,50,52,55). The lowest BCUT2D eigenvalue weighted by atomic mass is 9.49. The quantitative estimate of drug-likeness (QED) is 0.113. The normalized spacial score (nSPS) is 22.0. The van der Waals surface area contributed by atoms with E-state index in [1.54, 1.807) is 0 Å². The third-order valence-corrected chi connectivity index (χ3v) is 13.8. The second-order valence-electron chi connectivity index (χ2n) is 18.4. The van der Waals surface area contributed by atoms with Gasteiger partial charge in [0, 0.05) is 55.1 Å². The van der Waals surface area contributed by atoms with E-state index < -0.39 is 11.7 Å². The highest BCUT2D eigenvalue weighted by Crippen LogP contribution is 2.60. The first-order valence-corrected chi connectivity index (χ1v) is 22.0. The van der Waals surface area contributed by atoms with Gasteiger partial charge in [-0.15, -0.1) is 0 Å². The second-order valence-corrected chi connectivity index (χ2v) is 19.4. The molecule has 0 unspecified atom stereocenters. The van der Waals surface area contributed by atoms with Gasteiger partial charge in [-0.1, -0.05) is 35.6 Å². The van der Waals surface area contributed by atoms with Crippen LogP contribution in [0, 0.1) is 30.1 Å². The molecule has 13 heteroatoms. The van der Waals surface area contributed by atoms with E-state index in [1.807, 2.05) is 75.5 Å². The molecule has 3 aromatic heterocycles. The average molecular weight is 815 g/mol. The summed E-state index contributed by atoms with van der Waals surface area (Å²) in [6, 6.07) is 17.7. The number of nitrogens with zero attached hydrogens (tertiary/aromatic N) is 5. The van der Waals surface area contributed by atoms with Crippen molar-refractivity contribution in [3.8, 4) is 11.1 Å². The zero-order valence-electron chi connectivity index (χ0n) is 34.5. The molecule has 4 bridgehead atoms. The maximum Gasteiger partial charge on any atom is 0.407 e. The van der Waals surface area contributed by atoms with Crippen LogP contribution in [0.4, 0.5) is 15.7 Å². The van der Waals surface area contributed by atoms with Crippen molar-refractivity contribution in [2.24, 2.45) is 23.2 Å². The number of rotatable bonds is 11. The Morgan fingerprint density at radius 2 is 1.63 bits per heavy atom. The molecule has 1 aliphatic heterocycles. The van der Waals surface area contributed by atoms with Crippen LogP contribution in [-0.4, -0.2) is 62.9 Å². The number of benzene rings is 2. The van der Waals surface area contributed by atoms with E-state index in [0.29, 0.717) is 60.2 Å². The third kappa shape index (κ3) is 8.31. The van der Waals surface area contributed by atoms with E-state index in [9.17, 15) is 14.4 Å². The van der Waals surface area contributed by atoms with Crippen molar-refractivity contribution in [2.45, 2.75) is 97.8 Å². The van der Waals surface area contributed by atoms with Crippen LogP contribution < -0.4 is 20.9 Å². The van der Waals surface area contributed by atoms with Gasteiger partial charge in [-0.25, -0.2) is 14.8 Å². The summed E-state index contributed by atoms with van der Waals surface area (Å²) >= 11 is 1.45. The fourth-order valence-corrected chi connectivity index (χ4v) is 11.5. The lowest BCUT2D eigenvalue weighted by Crippen LogP contribution is -2.48. The smallest absolute Gasteiger partial charge is 0.407 e. The highest BCUT2D eigenvalue weighted by atomic mass is 32.1. The van der Waals surface area contributed by atoms with Crippen LogP contribution in [0.5, 0.6) is 0 Å². The molecule has 0 saturated heterocycles. The molecule has 4 aliphatic carbocycles. The lowest BCUT2D eigenvalue weighted by molar-refractivity contribution is -0.0638. The Kier molecular flexibility index (Phi) is 10.4. The van der Waals surface area contributed by atoms with Crippen LogP contribution in [0.1, 0.15) is 103 Å². The molecule has 2 aromatic carbocycles. The molecule has 12 nitrogen and oxygen atoms in total. The molecule has 4 saturated carbocycles. The van der Waals surface area contributed by atoms with Gasteiger partial charge in [0.15, 0.2) is 5.13 Å². The zero-order valence-corrected chi connectivity index (χ0v) is 35.3. The van der Waals surface area contributed by atoms with Crippen LogP contribution in [0.15, 0.2) is 60.8 Å². The number of carbonyl (C=O) groups excluding carboxylic acids is 3. The van der Waals surface area contributed by atoms with Crippen LogP contribution in [0.3, 0.4) is 0 Å². The fraction of sp³-hybridized carbons (Fsp3) is 0.478. The van der Waals surface area contributed by atoms with E-state index >= 15 is 0 Å². The first kappa shape index (κ1) is 39.2. The van der Waals surface area contributed by atoms with Crippen molar-refractivity contribution in [1.82, 2.24) is 30.4 Å². The molecular formula is C46H54N8O4S. The lowest BCUT2D eigenvalue weighted by Gasteiger charge is -2.56. The van der Waals surface area contributed by atoms with Crippen LogP contribution >= 0.6 is 11.3 Å². The van der Waals surface area contributed by atoms with Gasteiger partial charge in [-0.2, -0.15) is 5.10 Å². The number of carbonyl (C=O) groups is 3. The van der Waals surface area contributed by atoms with Crippen molar-refractivity contribution in [1.29, 1.82) is 0 Å². The predicted molar refractivity (Wildman–Crippen MR) is 231 cm³/mol. The average Bonchev–Trinajstić information content (AvgIpc) is 3.77. The van der Waals surface area contributed by atoms with Crippen LogP contribution in [-0.2, 0) is 24.2 Å². The largest absolute Gasteiger partial charge is 0.444 e. The second kappa shape index (κ2) is 15.7. The van der Waals surface area contributed by atoms with Crippen molar-refractivity contribution in [3.05, 3.63) is 88.9 Å². The number of ether oxygens (including phenoxy) is 1. The third-order valence-electron chi connectivity index (χ3n) is 12.8. The number of fused-ring (bicyclic) bond motifs is 2. The maximum absolute atomic E-state index is 14.2. The minimum atomic E-state index is -0.589. The van der Waals surface area contributed by atoms with Gasteiger partial charge in [0.05, 0.1) is 16.4 Å². The van der Waals surface area contributed by atoms with Crippen molar-refractivity contribution >= 4 is 50.4 Å². The number of nitrogens with one attached hydrogen (secondary N) is 3. The van der Waals surface area contributed by atoms with E-state index in [2.05, 4.69) is 43.5 Å². The summed E-state index contributed by atoms with van der Waals surface area (Å²) in [5.41, 5.74) is 6.25. The Labute approximate surface area is 349 Å². The number of hydrogen-bond donors (Lipinski definition) is 3. The van der Waals surface area contributed by atoms with Crippen molar-refractivity contribution in [3.63, 3.8) is 0 Å². The summed E-state index contributed by atoms with van der Waals surface area (Å²) in [5.74, 6) is 2.74. The Morgan fingerprint density at radius 1 is 0.881 bits per heavy atom. The summed E-state index contributed by atoms with van der Waals surface area (Å²) in [7, 11) is 0. The van der Waals surface area contributed by atoms with E-state index in [4.69, 9.17) is 14.8 Å². The highest BCUT2D eigenvalue weighted by Gasteiger charge is 2.51. The number of para-hydroxylation sites is 1. The van der Waals surface area contributed by atoms with Gasteiger partial charge in [0.1, 0.15) is 17.1 Å². The molecule has 308 valence electrons. The van der Waals surface area contributed by atoms with Crippen LogP contribution in [0.25, 0.3) is 21.3 Å². The Balaban J connectivity index is 0.961. The number of anilines is 2. The summed E-state index contributed by atoms with van der Waals surface area (Å²) in [6.45, 7) is 10.3. The molecule has 0 radical (unpaired) electrons. The van der Waals surface area contributed by atoms with Gasteiger partial charge in [0.2, 0.25) is 0 Å². The Hall–Kier alpha value is -5.30. The summed E-state index contributed by atoms with van der Waals surface area (Å²) < 4.78 is 8.55. The van der Waals surface area contributed by atoms with Crippen LogP contribution in [0.2, 0.25) is 0 Å². The summed E-state index contributed by atoms with van der Waals surface area (Å²) in [5, 5.41) is 14.4. The van der Waals surface area contributed by atoms with E-state index in [-0.39, 0.29) is 11.8 Å². The monoisotopic (exact) mass is 814 g/mol. The fourth-order valence-electron chi connectivity index (χ4n) is 10.6. The number of alkyl carbamates (subject to hydrolysis) is 1. The summed E-state index contributed by atoms with van der Waals surface area (Å²) in [6.07, 6.45) is 10.8. The number of hydrogen-bond acceptors (Lipinski definition) is 9. The highest BCUT2D eigenvalue weighted by molar-refractivity contribution is 7.22. The van der Waals surface area contributed by atoms with Gasteiger partial charge < -0.3 is 20.3 Å². The minimum Gasteiger partial charge on any atom is -0.444 e. The topological polar surface area (TPSA) is 143 Å². The molecule has 3 amide bonds. The van der Waals surface area contributed by atoms with Crippen molar-refractivity contribution in [2.75, 3.05) is 29.9 Å². The Morgan fingerprint density at radius 3 is 2.37 bits per heavy atom. The summed E-state index contributed by atoms with van der Waals surface area (Å²) in [4.78, 5) is 52.0. The molecule has 0 atom stereocenters. The number of amides is 3. The zero-order chi connectivity index (χ0) is 40.9. The maximum atomic E-state index is 14.2. The number of thiazole rings is 1. The molecule has 5 aromatic rings. The van der Waals surface area contributed by atoms with Gasteiger partial charge in [-0.3, -0.25) is 19.6 Å². The minimum absolute atomic E-state index is 0.201. The predicted octanol–water partition coefficient (Wildman–Crippen LogP) is 8.54. The molecule has 10 rings (SSSR count). The van der Waals surface area contributed by atoms with E-state index in [1.165, 1.54) is 49.9 Å². The Bertz CT molecular complexity index is 2340. The molecule has 4 fully saturated rings. The first-order chi connectivity index (χ1) is 28.4. The molecular weight excluding hydrogens is 761 g/mol. The number of aromatic nitrogens is 4. The van der Waals surface area contributed by atoms with Gasteiger partial charge in [-0.05, 0) is 144 Å². The van der Waals surface area contributed by atoms with Crippen molar-refractivity contribution < 1.29 is 19.1 Å². The molecule has 0 spiro atoms. The van der Waals surface area contributed by atoms with E-state index in [0.717, 1.165) is 68.9 Å². The molecule has 5 aliphatic rings. The SMILES string of the molecule is Cc1c(-c2ccc(N3CCc4cccc(C(=O)Nc5nc6ccccc6s5)c4C3)nc2C(=O)NCCCNC(=O)OC(C)(C)C)cnn1CC12CC3CC(CC(C3)C1)C2.